The Kier molecular flexibility index (Phi) is 2.55. The molecule has 1 aliphatic rings. The van der Waals surface area contributed by atoms with Gasteiger partial charge in [0.15, 0.2) is 0 Å². The number of pyridine rings is 1. The van der Waals surface area contributed by atoms with E-state index >= 15 is 0 Å². The Morgan fingerprint density at radius 1 is 1.57 bits per heavy atom. The average molecular weight is 190 g/mol. The molecule has 0 saturated heterocycles. The van der Waals surface area contributed by atoms with Crippen LogP contribution in [0.15, 0.2) is 24.5 Å². The standard InChI is InChI=1S/C12H18N2/c1-12(6-5-11(8-12)13-2)10-4-3-7-14-9-10/h3-4,7,9,11,13H,5-6,8H2,1-2H3. The van der Waals surface area contributed by atoms with E-state index in [4.69, 9.17) is 0 Å². The number of hydrogen-bond acceptors (Lipinski definition) is 2. The number of hydrogen-bond donors (Lipinski definition) is 1. The molecule has 2 atom stereocenters. The minimum Gasteiger partial charge on any atom is -0.317 e. The fourth-order valence-electron chi connectivity index (χ4n) is 2.47. The Morgan fingerprint density at radius 2 is 2.43 bits per heavy atom. The minimum atomic E-state index is 0.335. The normalized spacial score (nSPS) is 32.0. The molecule has 1 fully saturated rings. The molecule has 2 unspecified atom stereocenters. The average Bonchev–Trinajstić information content (AvgIpc) is 2.63. The monoisotopic (exact) mass is 190 g/mol. The Bertz CT molecular complexity index is 296. The van der Waals surface area contributed by atoms with Crippen molar-refractivity contribution >= 4 is 0 Å². The second kappa shape index (κ2) is 3.70. The van der Waals surface area contributed by atoms with Crippen molar-refractivity contribution in [3.05, 3.63) is 30.1 Å². The highest BCUT2D eigenvalue weighted by Crippen LogP contribution is 2.40. The summed E-state index contributed by atoms with van der Waals surface area (Å²) in [5.41, 5.74) is 1.72. The molecular formula is C12H18N2. The van der Waals surface area contributed by atoms with Crippen molar-refractivity contribution in [3.63, 3.8) is 0 Å². The lowest BCUT2D eigenvalue weighted by Gasteiger charge is -2.24. The SMILES string of the molecule is CNC1CCC(C)(c2cccnc2)C1. The molecule has 1 aromatic heterocycles. The molecule has 76 valence electrons. The van der Waals surface area contributed by atoms with E-state index in [0.717, 1.165) is 0 Å². The van der Waals surface area contributed by atoms with E-state index in [9.17, 15) is 0 Å². The summed E-state index contributed by atoms with van der Waals surface area (Å²) in [6.45, 7) is 2.35. The Hall–Kier alpha value is -0.890. The van der Waals surface area contributed by atoms with E-state index in [1.54, 1.807) is 0 Å². The summed E-state index contributed by atoms with van der Waals surface area (Å²) >= 11 is 0. The van der Waals surface area contributed by atoms with Gasteiger partial charge in [-0.1, -0.05) is 13.0 Å². The minimum absolute atomic E-state index is 0.335. The van der Waals surface area contributed by atoms with Crippen molar-refractivity contribution in [3.8, 4) is 0 Å². The van der Waals surface area contributed by atoms with Crippen LogP contribution in [-0.4, -0.2) is 18.1 Å². The molecule has 2 heteroatoms. The van der Waals surface area contributed by atoms with Crippen LogP contribution in [0.3, 0.4) is 0 Å². The van der Waals surface area contributed by atoms with Gasteiger partial charge in [-0.2, -0.15) is 0 Å². The van der Waals surface area contributed by atoms with Gasteiger partial charge in [0, 0.05) is 18.4 Å². The number of nitrogens with one attached hydrogen (secondary N) is 1. The fraction of sp³-hybridized carbons (Fsp3) is 0.583. The quantitative estimate of drug-likeness (QED) is 0.772. The molecule has 1 aliphatic carbocycles. The van der Waals surface area contributed by atoms with E-state index in [1.165, 1.54) is 24.8 Å². The smallest absolute Gasteiger partial charge is 0.0305 e. The van der Waals surface area contributed by atoms with Gasteiger partial charge in [-0.15, -0.1) is 0 Å². The highest BCUT2D eigenvalue weighted by molar-refractivity contribution is 5.23. The lowest BCUT2D eigenvalue weighted by atomic mass is 9.82. The second-order valence-corrected chi connectivity index (χ2v) is 4.53. The molecule has 2 nitrogen and oxygen atoms in total. The highest BCUT2D eigenvalue weighted by atomic mass is 14.9. The Balaban J connectivity index is 2.19. The maximum atomic E-state index is 4.20. The fourth-order valence-corrected chi connectivity index (χ4v) is 2.47. The van der Waals surface area contributed by atoms with Gasteiger partial charge in [0.2, 0.25) is 0 Å². The van der Waals surface area contributed by atoms with Crippen molar-refractivity contribution in [2.75, 3.05) is 7.05 Å². The van der Waals surface area contributed by atoms with Crippen molar-refractivity contribution < 1.29 is 0 Å². The van der Waals surface area contributed by atoms with Gasteiger partial charge in [0.05, 0.1) is 0 Å². The van der Waals surface area contributed by atoms with E-state index in [-0.39, 0.29) is 0 Å². The first kappa shape index (κ1) is 9.66. The van der Waals surface area contributed by atoms with Crippen molar-refractivity contribution in [1.82, 2.24) is 10.3 Å². The van der Waals surface area contributed by atoms with Crippen LogP contribution in [0.4, 0.5) is 0 Å². The van der Waals surface area contributed by atoms with Crippen LogP contribution in [0, 0.1) is 0 Å². The summed E-state index contributed by atoms with van der Waals surface area (Å²) in [7, 11) is 2.06. The molecule has 0 aliphatic heterocycles. The molecule has 1 N–H and O–H groups in total. The number of rotatable bonds is 2. The summed E-state index contributed by atoms with van der Waals surface area (Å²) in [4.78, 5) is 4.20. The van der Waals surface area contributed by atoms with Crippen molar-refractivity contribution in [2.45, 2.75) is 37.6 Å². The summed E-state index contributed by atoms with van der Waals surface area (Å²) < 4.78 is 0. The first-order valence-corrected chi connectivity index (χ1v) is 5.32. The third-order valence-electron chi connectivity index (χ3n) is 3.51. The zero-order valence-electron chi connectivity index (χ0n) is 8.96. The maximum Gasteiger partial charge on any atom is 0.0305 e. The summed E-state index contributed by atoms with van der Waals surface area (Å²) in [5, 5.41) is 3.37. The van der Waals surface area contributed by atoms with Gasteiger partial charge in [0.1, 0.15) is 0 Å². The molecular weight excluding hydrogens is 172 g/mol. The van der Waals surface area contributed by atoms with Crippen LogP contribution in [0.1, 0.15) is 31.7 Å². The summed E-state index contributed by atoms with van der Waals surface area (Å²) in [5.74, 6) is 0. The second-order valence-electron chi connectivity index (χ2n) is 4.53. The predicted octanol–water partition coefficient (Wildman–Crippen LogP) is 2.11. The summed E-state index contributed by atoms with van der Waals surface area (Å²) in [6.07, 6.45) is 7.64. The van der Waals surface area contributed by atoms with Crippen LogP contribution >= 0.6 is 0 Å². The molecule has 1 aromatic rings. The van der Waals surface area contributed by atoms with Gasteiger partial charge in [-0.3, -0.25) is 4.98 Å². The third-order valence-corrected chi connectivity index (χ3v) is 3.51. The Morgan fingerprint density at radius 3 is 3.00 bits per heavy atom. The largest absolute Gasteiger partial charge is 0.317 e. The molecule has 1 saturated carbocycles. The van der Waals surface area contributed by atoms with Crippen LogP contribution in [0.25, 0.3) is 0 Å². The molecule has 0 bridgehead atoms. The topological polar surface area (TPSA) is 24.9 Å². The van der Waals surface area contributed by atoms with Crippen molar-refractivity contribution in [1.29, 1.82) is 0 Å². The number of aromatic nitrogens is 1. The zero-order valence-corrected chi connectivity index (χ0v) is 8.96. The van der Waals surface area contributed by atoms with Gasteiger partial charge >= 0.3 is 0 Å². The molecule has 0 aromatic carbocycles. The van der Waals surface area contributed by atoms with Gasteiger partial charge < -0.3 is 5.32 Å². The zero-order chi connectivity index (χ0) is 10.0. The predicted molar refractivity (Wildman–Crippen MR) is 58.3 cm³/mol. The molecule has 0 spiro atoms. The van der Waals surface area contributed by atoms with Crippen molar-refractivity contribution in [2.24, 2.45) is 0 Å². The maximum absolute atomic E-state index is 4.20. The number of nitrogens with zero attached hydrogens (tertiary/aromatic N) is 1. The van der Waals surface area contributed by atoms with Crippen LogP contribution in [0.5, 0.6) is 0 Å². The van der Waals surface area contributed by atoms with E-state index < -0.39 is 0 Å². The molecule has 1 heterocycles. The highest BCUT2D eigenvalue weighted by Gasteiger charge is 2.35. The Labute approximate surface area is 85.7 Å². The van der Waals surface area contributed by atoms with Crippen LogP contribution < -0.4 is 5.32 Å². The van der Waals surface area contributed by atoms with E-state index in [0.29, 0.717) is 11.5 Å². The third kappa shape index (κ3) is 1.67. The molecule has 2 rings (SSSR count). The van der Waals surface area contributed by atoms with Gasteiger partial charge in [-0.05, 0) is 43.4 Å². The summed E-state index contributed by atoms with van der Waals surface area (Å²) in [6, 6.07) is 4.92. The van der Waals surface area contributed by atoms with E-state index in [1.807, 2.05) is 18.5 Å². The molecule has 0 radical (unpaired) electrons. The lowest BCUT2D eigenvalue weighted by Crippen LogP contribution is -2.25. The first-order valence-electron chi connectivity index (χ1n) is 5.32. The first-order chi connectivity index (χ1) is 6.74. The molecule has 0 amide bonds. The van der Waals surface area contributed by atoms with Gasteiger partial charge in [-0.25, -0.2) is 0 Å². The lowest BCUT2D eigenvalue weighted by molar-refractivity contribution is 0.465. The van der Waals surface area contributed by atoms with Crippen LogP contribution in [-0.2, 0) is 5.41 Å². The van der Waals surface area contributed by atoms with Gasteiger partial charge in [0.25, 0.3) is 0 Å². The van der Waals surface area contributed by atoms with Crippen LogP contribution in [0.2, 0.25) is 0 Å². The molecule has 14 heavy (non-hydrogen) atoms. The van der Waals surface area contributed by atoms with E-state index in [2.05, 4.69) is 30.3 Å².